The van der Waals surface area contributed by atoms with Gasteiger partial charge in [0, 0.05) is 34.5 Å². The van der Waals surface area contributed by atoms with Crippen LogP contribution in [-0.4, -0.2) is 29.3 Å². The van der Waals surface area contributed by atoms with Crippen LogP contribution in [0, 0.1) is 0 Å². The number of carboxylic acids is 1. The molecular formula is C4H11NO3Pt. The third-order valence-electron chi connectivity index (χ3n) is 0.129. The number of nitrogens with two attached hydrogens (primary N) is 1. The Kier molecular flexibility index (Phi) is 28.0. The van der Waals surface area contributed by atoms with Gasteiger partial charge in [0.1, 0.15) is 0 Å². The van der Waals surface area contributed by atoms with E-state index in [9.17, 15) is 0 Å². The summed E-state index contributed by atoms with van der Waals surface area (Å²) in [5.41, 5.74) is 4.78. The Labute approximate surface area is 68.3 Å². The fourth-order valence-electron chi connectivity index (χ4n) is 0. The first kappa shape index (κ1) is 16.0. The molecule has 0 saturated heterocycles. The van der Waals surface area contributed by atoms with Crippen molar-refractivity contribution >= 4 is 5.97 Å². The maximum absolute atomic E-state index is 9.00. The average molecular weight is 316 g/mol. The van der Waals surface area contributed by atoms with Crippen molar-refractivity contribution in [2.75, 3.05) is 13.2 Å². The molecule has 0 unspecified atom stereocenters. The molecule has 0 fully saturated rings. The summed E-state index contributed by atoms with van der Waals surface area (Å²) in [6.07, 6.45) is 0. The van der Waals surface area contributed by atoms with E-state index in [0.29, 0.717) is 6.54 Å². The molecule has 0 aromatic rings. The quantitative estimate of drug-likeness (QED) is 0.581. The zero-order chi connectivity index (χ0) is 6.99. The van der Waals surface area contributed by atoms with Gasteiger partial charge in [-0.1, -0.05) is 0 Å². The van der Waals surface area contributed by atoms with Gasteiger partial charge < -0.3 is 15.9 Å². The number of carboxylic acid groups (broad SMARTS) is 1. The van der Waals surface area contributed by atoms with E-state index in [1.165, 1.54) is 0 Å². The largest absolute Gasteiger partial charge is 0.481 e. The summed E-state index contributed by atoms with van der Waals surface area (Å²) in [6.45, 7) is 1.56. The van der Waals surface area contributed by atoms with Crippen LogP contribution in [0.3, 0.4) is 0 Å². The number of aliphatic hydroxyl groups is 1. The van der Waals surface area contributed by atoms with Crippen molar-refractivity contribution in [2.45, 2.75) is 6.92 Å². The molecule has 0 aliphatic rings. The monoisotopic (exact) mass is 316 g/mol. The normalized spacial score (nSPS) is 6.11. The zero-order valence-electron chi connectivity index (χ0n) is 5.11. The number of aliphatic carboxylic acids is 1. The van der Waals surface area contributed by atoms with Gasteiger partial charge in [-0.05, 0) is 0 Å². The Morgan fingerprint density at radius 2 is 1.78 bits per heavy atom. The molecule has 4 N–H and O–H groups in total. The zero-order valence-corrected chi connectivity index (χ0v) is 7.38. The standard InChI is InChI=1S/C2H7NO.C2H4O2.Pt/c3-1-2-4;1-2(3)4;/h4H,1-3H2;1H3,(H,3,4);. The fraction of sp³-hybridized carbons (Fsp3) is 0.750. The minimum absolute atomic E-state index is 0. The Balaban J connectivity index is -0.0000000720. The molecule has 0 radical (unpaired) electrons. The van der Waals surface area contributed by atoms with Crippen LogP contribution in [0.4, 0.5) is 0 Å². The Morgan fingerprint density at radius 1 is 1.67 bits per heavy atom. The average Bonchev–Trinajstić information content (AvgIpc) is 1.65. The van der Waals surface area contributed by atoms with Gasteiger partial charge in [0.15, 0.2) is 0 Å². The van der Waals surface area contributed by atoms with Gasteiger partial charge in [0.2, 0.25) is 0 Å². The van der Waals surface area contributed by atoms with Crippen LogP contribution in [0.5, 0.6) is 0 Å². The minimum Gasteiger partial charge on any atom is -0.481 e. The predicted octanol–water partition coefficient (Wildman–Crippen LogP) is -0.974. The van der Waals surface area contributed by atoms with Crippen LogP contribution in [0.25, 0.3) is 0 Å². The SMILES string of the molecule is CC(=O)O.NCCO.[Pt]. The molecule has 0 heterocycles. The Morgan fingerprint density at radius 3 is 1.78 bits per heavy atom. The first-order chi connectivity index (χ1) is 3.65. The second-order valence-electron chi connectivity index (χ2n) is 1.03. The molecule has 0 saturated carbocycles. The number of aliphatic hydroxyl groups excluding tert-OH is 1. The van der Waals surface area contributed by atoms with Crippen molar-refractivity contribution in [3.8, 4) is 0 Å². The van der Waals surface area contributed by atoms with E-state index >= 15 is 0 Å². The molecule has 0 aromatic heterocycles. The summed E-state index contributed by atoms with van der Waals surface area (Å²) in [5.74, 6) is -0.833. The number of hydrogen-bond acceptors (Lipinski definition) is 3. The first-order valence-electron chi connectivity index (χ1n) is 2.15. The van der Waals surface area contributed by atoms with E-state index in [4.69, 9.17) is 20.7 Å². The first-order valence-corrected chi connectivity index (χ1v) is 2.15. The molecule has 60 valence electrons. The van der Waals surface area contributed by atoms with Crippen LogP contribution in [0.15, 0.2) is 0 Å². The minimum atomic E-state index is -0.833. The molecule has 0 bridgehead atoms. The summed E-state index contributed by atoms with van der Waals surface area (Å²) in [5, 5.41) is 15.2. The van der Waals surface area contributed by atoms with Crippen LogP contribution in [0.2, 0.25) is 0 Å². The predicted molar refractivity (Wildman–Crippen MR) is 29.4 cm³/mol. The maximum atomic E-state index is 9.00. The van der Waals surface area contributed by atoms with Crippen LogP contribution < -0.4 is 5.73 Å². The van der Waals surface area contributed by atoms with Gasteiger partial charge in [-0.2, -0.15) is 0 Å². The maximum Gasteiger partial charge on any atom is 0.300 e. The van der Waals surface area contributed by atoms with Crippen molar-refractivity contribution in [1.82, 2.24) is 0 Å². The van der Waals surface area contributed by atoms with Crippen LogP contribution in [-0.2, 0) is 25.9 Å². The van der Waals surface area contributed by atoms with E-state index in [-0.39, 0.29) is 27.7 Å². The third kappa shape index (κ3) is 257. The summed E-state index contributed by atoms with van der Waals surface area (Å²) in [6, 6.07) is 0. The molecule has 0 aromatic carbocycles. The number of rotatable bonds is 1. The van der Waals surface area contributed by atoms with Gasteiger partial charge >= 0.3 is 0 Å². The van der Waals surface area contributed by atoms with E-state index < -0.39 is 5.97 Å². The molecule has 0 rings (SSSR count). The van der Waals surface area contributed by atoms with Crippen molar-refractivity contribution in [3.05, 3.63) is 0 Å². The Hall–Kier alpha value is 0.0783. The smallest absolute Gasteiger partial charge is 0.300 e. The van der Waals surface area contributed by atoms with Gasteiger partial charge in [0.25, 0.3) is 5.97 Å². The van der Waals surface area contributed by atoms with E-state index in [2.05, 4.69) is 0 Å². The third-order valence-corrected chi connectivity index (χ3v) is 0.129. The van der Waals surface area contributed by atoms with E-state index in [1.54, 1.807) is 0 Å². The summed E-state index contributed by atoms with van der Waals surface area (Å²) >= 11 is 0. The molecule has 0 spiro atoms. The number of carbonyl (C=O) groups is 1. The molecular weight excluding hydrogens is 305 g/mol. The molecule has 9 heavy (non-hydrogen) atoms. The van der Waals surface area contributed by atoms with E-state index in [1.807, 2.05) is 0 Å². The van der Waals surface area contributed by atoms with E-state index in [0.717, 1.165) is 6.92 Å². The molecule has 0 atom stereocenters. The Bertz CT molecular complexity index is 53.8. The van der Waals surface area contributed by atoms with Crippen molar-refractivity contribution < 1.29 is 36.1 Å². The topological polar surface area (TPSA) is 83.5 Å². The second kappa shape index (κ2) is 15.7. The van der Waals surface area contributed by atoms with Crippen LogP contribution in [0.1, 0.15) is 6.92 Å². The van der Waals surface area contributed by atoms with Crippen molar-refractivity contribution in [1.29, 1.82) is 0 Å². The second-order valence-corrected chi connectivity index (χ2v) is 1.03. The van der Waals surface area contributed by atoms with Crippen molar-refractivity contribution in [2.24, 2.45) is 5.73 Å². The van der Waals surface area contributed by atoms with Gasteiger partial charge in [-0.3, -0.25) is 4.79 Å². The summed E-state index contributed by atoms with van der Waals surface area (Å²) in [4.78, 5) is 9.00. The molecule has 0 aliphatic carbocycles. The summed E-state index contributed by atoms with van der Waals surface area (Å²) in [7, 11) is 0. The van der Waals surface area contributed by atoms with Gasteiger partial charge in [-0.25, -0.2) is 0 Å². The molecule has 0 aliphatic heterocycles. The van der Waals surface area contributed by atoms with Crippen molar-refractivity contribution in [3.63, 3.8) is 0 Å². The molecule has 4 nitrogen and oxygen atoms in total. The van der Waals surface area contributed by atoms with Gasteiger partial charge in [0.05, 0.1) is 6.61 Å². The number of hydrogen-bond donors (Lipinski definition) is 3. The van der Waals surface area contributed by atoms with Crippen LogP contribution >= 0.6 is 0 Å². The molecule has 5 heteroatoms. The summed E-state index contributed by atoms with van der Waals surface area (Å²) < 4.78 is 0. The van der Waals surface area contributed by atoms with Gasteiger partial charge in [-0.15, -0.1) is 0 Å². The molecule has 0 amide bonds. The fourth-order valence-corrected chi connectivity index (χ4v) is 0.